The minimum absolute atomic E-state index is 0.294. The molecule has 2 nitrogen and oxygen atoms in total. The number of rotatable bonds is 2. The fraction of sp³-hybridized carbons (Fsp3) is 0.700. The van der Waals surface area contributed by atoms with Gasteiger partial charge in [0.05, 0.1) is 16.5 Å². The number of nitrogens with zero attached hydrogens (tertiary/aromatic N) is 1. The van der Waals surface area contributed by atoms with Gasteiger partial charge in [0.15, 0.2) is 0 Å². The van der Waals surface area contributed by atoms with Gasteiger partial charge in [-0.3, -0.25) is 0 Å². The highest BCUT2D eigenvalue weighted by Crippen LogP contribution is 2.41. The Kier molecular flexibility index (Phi) is 2.86. The molecule has 1 aliphatic heterocycles. The molecule has 1 unspecified atom stereocenters. The summed E-state index contributed by atoms with van der Waals surface area (Å²) in [6.07, 6.45) is 2.61. The van der Waals surface area contributed by atoms with E-state index in [-0.39, 0.29) is 5.54 Å². The van der Waals surface area contributed by atoms with Crippen molar-refractivity contribution < 1.29 is 0 Å². The van der Waals surface area contributed by atoms with Gasteiger partial charge in [0, 0.05) is 5.38 Å². The number of aromatic nitrogens is 1. The molecule has 1 saturated heterocycles. The van der Waals surface area contributed by atoms with Crippen LogP contribution in [0.5, 0.6) is 0 Å². The molecule has 1 atom stereocenters. The monoisotopic (exact) mass is 228 g/mol. The molecule has 14 heavy (non-hydrogen) atoms. The first-order valence-corrected chi connectivity index (χ1v) is 6.86. The maximum Gasteiger partial charge on any atom is 0.106 e. The van der Waals surface area contributed by atoms with E-state index >= 15 is 0 Å². The number of thioether (sulfide) groups is 1. The Morgan fingerprint density at radius 1 is 1.57 bits per heavy atom. The zero-order valence-electron chi connectivity index (χ0n) is 8.62. The Bertz CT molecular complexity index is 308. The van der Waals surface area contributed by atoms with Gasteiger partial charge in [-0.1, -0.05) is 0 Å². The van der Waals surface area contributed by atoms with Crippen molar-refractivity contribution in [3.05, 3.63) is 16.1 Å². The van der Waals surface area contributed by atoms with Crippen LogP contribution in [0.1, 0.15) is 42.6 Å². The molecular weight excluding hydrogens is 212 g/mol. The van der Waals surface area contributed by atoms with Crippen molar-refractivity contribution in [1.82, 2.24) is 4.98 Å². The van der Waals surface area contributed by atoms with E-state index in [1.165, 1.54) is 23.6 Å². The third-order valence-corrected chi connectivity index (χ3v) is 4.88. The molecule has 1 aromatic heterocycles. The molecule has 0 saturated carbocycles. The van der Waals surface area contributed by atoms with Crippen LogP contribution >= 0.6 is 23.1 Å². The molecule has 0 radical (unpaired) electrons. The van der Waals surface area contributed by atoms with Crippen molar-refractivity contribution in [3.63, 3.8) is 0 Å². The number of hydrogen-bond acceptors (Lipinski definition) is 4. The summed E-state index contributed by atoms with van der Waals surface area (Å²) in [4.78, 5) is 4.64. The van der Waals surface area contributed by atoms with Crippen molar-refractivity contribution in [2.75, 3.05) is 5.75 Å². The minimum atomic E-state index is -0.294. The van der Waals surface area contributed by atoms with Crippen LogP contribution in [0.25, 0.3) is 0 Å². The zero-order chi connectivity index (χ0) is 10.2. The lowest BCUT2D eigenvalue weighted by Crippen LogP contribution is -2.29. The van der Waals surface area contributed by atoms with E-state index in [0.717, 1.165) is 5.69 Å². The molecule has 1 aromatic rings. The number of thiazole rings is 1. The second-order valence-electron chi connectivity index (χ2n) is 4.29. The van der Waals surface area contributed by atoms with Gasteiger partial charge >= 0.3 is 0 Å². The first-order valence-electron chi connectivity index (χ1n) is 4.94. The van der Waals surface area contributed by atoms with E-state index in [4.69, 9.17) is 5.73 Å². The highest BCUT2D eigenvalue weighted by Gasteiger charge is 2.24. The van der Waals surface area contributed by atoms with Gasteiger partial charge in [-0.2, -0.15) is 11.8 Å². The van der Waals surface area contributed by atoms with Gasteiger partial charge in [0.1, 0.15) is 5.01 Å². The SMILES string of the molecule is CC(C)(N)c1csc(C2CCCS2)n1. The van der Waals surface area contributed by atoms with Crippen molar-refractivity contribution in [1.29, 1.82) is 0 Å². The van der Waals surface area contributed by atoms with Gasteiger partial charge in [-0.25, -0.2) is 4.98 Å². The average molecular weight is 228 g/mol. The Morgan fingerprint density at radius 2 is 2.36 bits per heavy atom. The topological polar surface area (TPSA) is 38.9 Å². The standard InChI is InChI=1S/C10H16N2S2/c1-10(2,11)8-6-14-9(12-8)7-4-3-5-13-7/h6-7H,3-5,11H2,1-2H3. The summed E-state index contributed by atoms with van der Waals surface area (Å²) in [6.45, 7) is 4.02. The summed E-state index contributed by atoms with van der Waals surface area (Å²) >= 11 is 3.79. The number of nitrogens with two attached hydrogens (primary N) is 1. The Morgan fingerprint density at radius 3 is 2.86 bits per heavy atom. The molecule has 4 heteroatoms. The van der Waals surface area contributed by atoms with Crippen LogP contribution in [-0.4, -0.2) is 10.7 Å². The summed E-state index contributed by atoms with van der Waals surface area (Å²) < 4.78 is 0. The number of hydrogen-bond donors (Lipinski definition) is 1. The highest BCUT2D eigenvalue weighted by atomic mass is 32.2. The summed E-state index contributed by atoms with van der Waals surface area (Å²) in [7, 11) is 0. The van der Waals surface area contributed by atoms with Crippen molar-refractivity contribution >= 4 is 23.1 Å². The summed E-state index contributed by atoms with van der Waals surface area (Å²) in [5.74, 6) is 1.28. The van der Waals surface area contributed by atoms with E-state index in [1.807, 2.05) is 25.6 Å². The second-order valence-corrected chi connectivity index (χ2v) is 6.49. The van der Waals surface area contributed by atoms with Crippen LogP contribution in [0, 0.1) is 0 Å². The van der Waals surface area contributed by atoms with E-state index in [2.05, 4.69) is 10.4 Å². The Balaban J connectivity index is 2.17. The van der Waals surface area contributed by atoms with Crippen LogP contribution < -0.4 is 5.73 Å². The van der Waals surface area contributed by atoms with Crippen LogP contribution in [0.4, 0.5) is 0 Å². The predicted molar refractivity (Wildman–Crippen MR) is 63.8 cm³/mol. The summed E-state index contributed by atoms with van der Waals surface area (Å²) in [6, 6.07) is 0. The Labute approximate surface area is 93.3 Å². The largest absolute Gasteiger partial charge is 0.321 e. The van der Waals surface area contributed by atoms with E-state index < -0.39 is 0 Å². The quantitative estimate of drug-likeness (QED) is 0.846. The van der Waals surface area contributed by atoms with Gasteiger partial charge < -0.3 is 5.73 Å². The molecule has 2 rings (SSSR count). The van der Waals surface area contributed by atoms with Crippen LogP contribution in [-0.2, 0) is 5.54 Å². The first-order chi connectivity index (χ1) is 6.57. The average Bonchev–Trinajstić information content (AvgIpc) is 2.73. The third kappa shape index (κ3) is 2.12. The van der Waals surface area contributed by atoms with E-state index in [9.17, 15) is 0 Å². The molecule has 0 aliphatic carbocycles. The van der Waals surface area contributed by atoms with Gasteiger partial charge in [0.25, 0.3) is 0 Å². The fourth-order valence-electron chi connectivity index (χ4n) is 1.50. The van der Waals surface area contributed by atoms with Crippen molar-refractivity contribution in [2.45, 2.75) is 37.5 Å². The first kappa shape index (κ1) is 10.5. The Hall–Kier alpha value is -0.0600. The highest BCUT2D eigenvalue weighted by molar-refractivity contribution is 7.99. The zero-order valence-corrected chi connectivity index (χ0v) is 10.3. The molecule has 2 heterocycles. The van der Waals surface area contributed by atoms with E-state index in [0.29, 0.717) is 5.25 Å². The van der Waals surface area contributed by atoms with Gasteiger partial charge in [0.2, 0.25) is 0 Å². The minimum Gasteiger partial charge on any atom is -0.321 e. The summed E-state index contributed by atoms with van der Waals surface area (Å²) in [5, 5.41) is 4.01. The van der Waals surface area contributed by atoms with Gasteiger partial charge in [-0.05, 0) is 32.4 Å². The van der Waals surface area contributed by atoms with Crippen LogP contribution in [0.2, 0.25) is 0 Å². The predicted octanol–water partition coefficient (Wildman–Crippen LogP) is 2.91. The van der Waals surface area contributed by atoms with Gasteiger partial charge in [-0.15, -0.1) is 11.3 Å². The molecule has 0 spiro atoms. The lowest BCUT2D eigenvalue weighted by molar-refractivity contribution is 0.536. The maximum atomic E-state index is 6.01. The molecule has 1 fully saturated rings. The summed E-state index contributed by atoms with van der Waals surface area (Å²) in [5.41, 5.74) is 6.74. The van der Waals surface area contributed by atoms with Crippen molar-refractivity contribution in [3.8, 4) is 0 Å². The molecule has 0 bridgehead atoms. The lowest BCUT2D eigenvalue weighted by atomic mass is 10.0. The second kappa shape index (κ2) is 3.83. The molecule has 0 aromatic carbocycles. The normalized spacial score (nSPS) is 22.9. The molecular formula is C10H16N2S2. The third-order valence-electron chi connectivity index (χ3n) is 2.39. The fourth-order valence-corrected chi connectivity index (χ4v) is 4.03. The van der Waals surface area contributed by atoms with Crippen molar-refractivity contribution in [2.24, 2.45) is 5.73 Å². The molecule has 78 valence electrons. The molecule has 1 aliphatic rings. The lowest BCUT2D eigenvalue weighted by Gasteiger charge is -2.14. The molecule has 2 N–H and O–H groups in total. The molecule has 0 amide bonds. The van der Waals surface area contributed by atoms with Crippen LogP contribution in [0.15, 0.2) is 5.38 Å². The smallest absolute Gasteiger partial charge is 0.106 e. The maximum absolute atomic E-state index is 6.01. The van der Waals surface area contributed by atoms with Crippen LogP contribution in [0.3, 0.4) is 0 Å². The van der Waals surface area contributed by atoms with E-state index in [1.54, 1.807) is 11.3 Å².